The molecule has 21 heavy (non-hydrogen) atoms. The van der Waals surface area contributed by atoms with Crippen LogP contribution in [0.5, 0.6) is 0 Å². The number of hydrogen-bond donors (Lipinski definition) is 1. The van der Waals surface area contributed by atoms with Crippen molar-refractivity contribution in [3.63, 3.8) is 0 Å². The lowest BCUT2D eigenvalue weighted by atomic mass is 9.89. The topological polar surface area (TPSA) is 42.1 Å². The molecule has 0 radical (unpaired) electrons. The van der Waals surface area contributed by atoms with Crippen LogP contribution in [0.4, 0.5) is 11.4 Å². The number of anilines is 2. The predicted molar refractivity (Wildman–Crippen MR) is 93.7 cm³/mol. The van der Waals surface area contributed by atoms with Gasteiger partial charge in [0.2, 0.25) is 0 Å². The molecule has 112 valence electrons. The molecule has 0 bridgehead atoms. The number of halogens is 1. The summed E-state index contributed by atoms with van der Waals surface area (Å²) in [5.74, 6) is 0.790. The third kappa shape index (κ3) is 3.15. The van der Waals surface area contributed by atoms with E-state index in [1.165, 1.54) is 32.1 Å². The third-order valence-electron chi connectivity index (χ3n) is 4.47. The molecule has 1 aromatic carbocycles. The summed E-state index contributed by atoms with van der Waals surface area (Å²) in [5.41, 5.74) is 9.10. The third-order valence-corrected chi connectivity index (χ3v) is 4.96. The van der Waals surface area contributed by atoms with Crippen LogP contribution in [0.1, 0.15) is 32.1 Å². The molecule has 1 heterocycles. The van der Waals surface area contributed by atoms with Gasteiger partial charge in [0.25, 0.3) is 0 Å². The van der Waals surface area contributed by atoms with Crippen molar-refractivity contribution in [1.82, 2.24) is 4.98 Å². The zero-order valence-electron chi connectivity index (χ0n) is 12.5. The molecule has 3 nitrogen and oxygen atoms in total. The van der Waals surface area contributed by atoms with Crippen molar-refractivity contribution in [2.45, 2.75) is 32.1 Å². The number of nitrogen functional groups attached to an aromatic ring is 1. The number of benzene rings is 1. The molecule has 0 aliphatic heterocycles. The van der Waals surface area contributed by atoms with Crippen LogP contribution in [-0.2, 0) is 0 Å². The van der Waals surface area contributed by atoms with Gasteiger partial charge in [0.05, 0.1) is 23.1 Å². The van der Waals surface area contributed by atoms with Gasteiger partial charge >= 0.3 is 0 Å². The Morgan fingerprint density at radius 1 is 1.29 bits per heavy atom. The predicted octanol–water partition coefficient (Wildman–Crippen LogP) is 4.60. The van der Waals surface area contributed by atoms with Gasteiger partial charge in [-0.2, -0.15) is 0 Å². The number of aromatic nitrogens is 1. The fourth-order valence-electron chi connectivity index (χ4n) is 3.44. The van der Waals surface area contributed by atoms with E-state index >= 15 is 0 Å². The van der Waals surface area contributed by atoms with Crippen molar-refractivity contribution >= 4 is 38.2 Å². The first-order valence-electron chi connectivity index (χ1n) is 7.70. The summed E-state index contributed by atoms with van der Waals surface area (Å²) in [4.78, 5) is 6.76. The van der Waals surface area contributed by atoms with Gasteiger partial charge in [0, 0.05) is 23.5 Å². The first-order chi connectivity index (χ1) is 10.1. The Morgan fingerprint density at radius 3 is 2.81 bits per heavy atom. The fraction of sp³-hybridized carbons (Fsp3) is 0.471. The Bertz CT molecular complexity index is 630. The summed E-state index contributed by atoms with van der Waals surface area (Å²) in [6.45, 7) is 1.08. The van der Waals surface area contributed by atoms with E-state index in [2.05, 4.69) is 38.9 Å². The second-order valence-electron chi connectivity index (χ2n) is 6.11. The molecule has 1 saturated carbocycles. The summed E-state index contributed by atoms with van der Waals surface area (Å²) in [5, 5.41) is 1.13. The molecular weight excluding hydrogens is 326 g/mol. The normalized spacial score (nSPS) is 16.3. The minimum absolute atomic E-state index is 0.763. The van der Waals surface area contributed by atoms with Crippen LogP contribution in [0.25, 0.3) is 10.9 Å². The van der Waals surface area contributed by atoms with Crippen LogP contribution < -0.4 is 10.6 Å². The largest absolute Gasteiger partial charge is 0.396 e. The molecule has 2 aromatic rings. The van der Waals surface area contributed by atoms with Gasteiger partial charge in [-0.3, -0.25) is 4.98 Å². The van der Waals surface area contributed by atoms with Crippen molar-refractivity contribution < 1.29 is 0 Å². The number of rotatable bonds is 3. The van der Waals surface area contributed by atoms with E-state index in [0.29, 0.717) is 0 Å². The summed E-state index contributed by atoms with van der Waals surface area (Å²) in [6.07, 6.45) is 8.61. The highest BCUT2D eigenvalue weighted by atomic mass is 79.9. The number of fused-ring (bicyclic) bond motifs is 1. The number of nitrogens with zero attached hydrogens (tertiary/aromatic N) is 2. The second kappa shape index (κ2) is 6.22. The first kappa shape index (κ1) is 14.6. The van der Waals surface area contributed by atoms with Crippen molar-refractivity contribution in [2.24, 2.45) is 5.92 Å². The summed E-state index contributed by atoms with van der Waals surface area (Å²) in [6, 6.07) is 6.18. The minimum Gasteiger partial charge on any atom is -0.396 e. The van der Waals surface area contributed by atoms with Crippen molar-refractivity contribution in [3.8, 4) is 0 Å². The van der Waals surface area contributed by atoms with Crippen LogP contribution >= 0.6 is 15.9 Å². The SMILES string of the molecule is CN(CC1CCCCC1)c1c(N)cnc2ccc(Br)cc12. The second-order valence-corrected chi connectivity index (χ2v) is 7.02. The Hall–Kier alpha value is -1.29. The zero-order chi connectivity index (χ0) is 14.8. The lowest BCUT2D eigenvalue weighted by molar-refractivity contribution is 0.362. The smallest absolute Gasteiger partial charge is 0.0745 e. The van der Waals surface area contributed by atoms with E-state index in [4.69, 9.17) is 5.73 Å². The number of hydrogen-bond acceptors (Lipinski definition) is 3. The molecule has 0 amide bonds. The van der Waals surface area contributed by atoms with Crippen molar-refractivity contribution in [2.75, 3.05) is 24.2 Å². The quantitative estimate of drug-likeness (QED) is 0.882. The van der Waals surface area contributed by atoms with Gasteiger partial charge in [0.15, 0.2) is 0 Å². The highest BCUT2D eigenvalue weighted by Gasteiger charge is 2.18. The average molecular weight is 348 g/mol. The standard InChI is InChI=1S/C17H22BrN3/c1-21(11-12-5-3-2-4-6-12)17-14-9-13(18)7-8-16(14)20-10-15(17)19/h7-10,12H,2-6,11,19H2,1H3. The fourth-order valence-corrected chi connectivity index (χ4v) is 3.80. The number of pyridine rings is 1. The molecule has 1 fully saturated rings. The van der Waals surface area contributed by atoms with E-state index < -0.39 is 0 Å². The Balaban J connectivity index is 1.93. The molecule has 1 aliphatic carbocycles. The Morgan fingerprint density at radius 2 is 2.05 bits per heavy atom. The highest BCUT2D eigenvalue weighted by Crippen LogP contribution is 2.34. The van der Waals surface area contributed by atoms with E-state index in [-0.39, 0.29) is 0 Å². The van der Waals surface area contributed by atoms with Gasteiger partial charge in [-0.1, -0.05) is 35.2 Å². The summed E-state index contributed by atoms with van der Waals surface area (Å²) in [7, 11) is 2.15. The number of nitrogens with two attached hydrogens (primary N) is 1. The zero-order valence-corrected chi connectivity index (χ0v) is 14.1. The van der Waals surface area contributed by atoms with Gasteiger partial charge < -0.3 is 10.6 Å². The van der Waals surface area contributed by atoms with E-state index in [1.807, 2.05) is 12.1 Å². The van der Waals surface area contributed by atoms with E-state index in [1.54, 1.807) is 6.20 Å². The monoisotopic (exact) mass is 347 g/mol. The average Bonchev–Trinajstić information content (AvgIpc) is 2.47. The van der Waals surface area contributed by atoms with Crippen LogP contribution in [0.2, 0.25) is 0 Å². The van der Waals surface area contributed by atoms with Crippen molar-refractivity contribution in [1.29, 1.82) is 0 Å². The van der Waals surface area contributed by atoms with Gasteiger partial charge in [-0.05, 0) is 37.0 Å². The van der Waals surface area contributed by atoms with Crippen LogP contribution in [-0.4, -0.2) is 18.6 Å². The molecule has 0 spiro atoms. The maximum atomic E-state index is 6.22. The van der Waals surface area contributed by atoms with Crippen LogP contribution in [0, 0.1) is 5.92 Å². The van der Waals surface area contributed by atoms with E-state index in [9.17, 15) is 0 Å². The van der Waals surface area contributed by atoms with Gasteiger partial charge in [-0.15, -0.1) is 0 Å². The Labute approximate surface area is 134 Å². The van der Waals surface area contributed by atoms with Gasteiger partial charge in [0.1, 0.15) is 0 Å². The van der Waals surface area contributed by atoms with Gasteiger partial charge in [-0.25, -0.2) is 0 Å². The van der Waals surface area contributed by atoms with Crippen LogP contribution in [0.15, 0.2) is 28.9 Å². The summed E-state index contributed by atoms with van der Waals surface area (Å²) < 4.78 is 1.06. The molecule has 0 atom stereocenters. The molecule has 2 N–H and O–H groups in total. The van der Waals surface area contributed by atoms with Crippen molar-refractivity contribution in [3.05, 3.63) is 28.9 Å². The molecular formula is C17H22BrN3. The molecule has 1 aliphatic rings. The molecule has 0 saturated heterocycles. The molecule has 4 heteroatoms. The molecule has 1 aromatic heterocycles. The first-order valence-corrected chi connectivity index (χ1v) is 8.49. The molecule has 0 unspecified atom stereocenters. The minimum atomic E-state index is 0.763. The van der Waals surface area contributed by atoms with E-state index in [0.717, 1.165) is 39.2 Å². The maximum Gasteiger partial charge on any atom is 0.0745 e. The molecule has 3 rings (SSSR count). The Kier molecular flexibility index (Phi) is 4.34. The summed E-state index contributed by atoms with van der Waals surface area (Å²) >= 11 is 3.55. The van der Waals surface area contributed by atoms with Crippen LogP contribution in [0.3, 0.4) is 0 Å². The maximum absolute atomic E-state index is 6.22. The lowest BCUT2D eigenvalue weighted by Gasteiger charge is -2.29. The lowest BCUT2D eigenvalue weighted by Crippen LogP contribution is -2.27. The highest BCUT2D eigenvalue weighted by molar-refractivity contribution is 9.10.